The Morgan fingerprint density at radius 2 is 1.89 bits per heavy atom. The van der Waals surface area contributed by atoms with Gasteiger partial charge in [0, 0.05) is 12.5 Å². The fourth-order valence-corrected chi connectivity index (χ4v) is 3.19. The minimum Gasteiger partial charge on any atom is -0.434 e. The average molecular weight is 494 g/mol. The Labute approximate surface area is 140 Å². The Hall–Kier alpha value is -0.600. The van der Waals surface area contributed by atoms with Crippen LogP contribution in [0.1, 0.15) is 0 Å². The highest BCUT2D eigenvalue weighted by Gasteiger charge is 2.14. The molecule has 3 aromatic rings. The van der Waals surface area contributed by atoms with Gasteiger partial charge < -0.3 is 10.2 Å². The van der Waals surface area contributed by atoms with Crippen molar-refractivity contribution < 1.29 is 4.42 Å². The third kappa shape index (κ3) is 2.53. The monoisotopic (exact) mass is 492 g/mol. The minimum absolute atomic E-state index is 0.575. The molecule has 0 atom stereocenters. The zero-order valence-corrected chi connectivity index (χ0v) is 14.8. The van der Waals surface area contributed by atoms with Crippen molar-refractivity contribution >= 4 is 71.2 Å². The van der Waals surface area contributed by atoms with E-state index in [1.165, 1.54) is 0 Å². The summed E-state index contributed by atoms with van der Waals surface area (Å²) in [6, 6.07) is 9.68. The highest BCUT2D eigenvalue weighted by atomic mass is 127. The molecule has 1 heterocycles. The zero-order valence-electron chi connectivity index (χ0n) is 9.45. The van der Waals surface area contributed by atoms with Crippen molar-refractivity contribution in [3.8, 4) is 11.5 Å². The number of rotatable bonds is 1. The minimum atomic E-state index is 0.575. The van der Waals surface area contributed by atoms with E-state index in [0.717, 1.165) is 23.6 Å². The molecule has 1 aromatic heterocycles. The third-order valence-corrected chi connectivity index (χ3v) is 4.53. The number of nitrogen functional groups attached to an aromatic ring is 1. The van der Waals surface area contributed by atoms with Gasteiger partial charge in [0.2, 0.25) is 5.89 Å². The highest BCUT2D eigenvalue weighted by Crippen LogP contribution is 2.33. The molecule has 0 unspecified atom stereocenters. The van der Waals surface area contributed by atoms with Gasteiger partial charge in [-0.25, -0.2) is 4.98 Å². The number of hydrogen-bond donors (Lipinski definition) is 1. The van der Waals surface area contributed by atoms with Crippen molar-refractivity contribution in [3.05, 3.63) is 42.8 Å². The summed E-state index contributed by atoms with van der Waals surface area (Å²) in [7, 11) is 0. The lowest BCUT2D eigenvalue weighted by molar-refractivity contribution is 0.620. The van der Waals surface area contributed by atoms with E-state index in [2.05, 4.69) is 59.4 Å². The molecule has 0 aliphatic rings. The average Bonchev–Trinajstić information content (AvgIpc) is 2.76. The van der Waals surface area contributed by atoms with Gasteiger partial charge in [0.15, 0.2) is 5.58 Å². The van der Waals surface area contributed by atoms with Crippen LogP contribution in [0.3, 0.4) is 0 Å². The maximum atomic E-state index is 5.94. The van der Waals surface area contributed by atoms with Gasteiger partial charge in [0.25, 0.3) is 0 Å². The van der Waals surface area contributed by atoms with E-state index in [4.69, 9.17) is 10.2 Å². The number of fused-ring (bicyclic) bond motifs is 1. The SMILES string of the molecule is Nc1cc(Br)cc2nc(-c3cc(Br)ccc3I)oc12. The molecular weight excluding hydrogens is 487 g/mol. The van der Waals surface area contributed by atoms with Crippen LogP contribution in [0.4, 0.5) is 5.69 Å². The van der Waals surface area contributed by atoms with Crippen molar-refractivity contribution in [1.82, 2.24) is 4.98 Å². The highest BCUT2D eigenvalue weighted by molar-refractivity contribution is 14.1. The first-order valence-corrected chi connectivity index (χ1v) is 8.02. The molecule has 6 heteroatoms. The molecule has 0 aliphatic carbocycles. The van der Waals surface area contributed by atoms with Gasteiger partial charge in [-0.05, 0) is 52.9 Å². The van der Waals surface area contributed by atoms with Crippen LogP contribution in [0.5, 0.6) is 0 Å². The predicted octanol–water partition coefficient (Wildman–Crippen LogP) is 5.21. The molecule has 0 saturated carbocycles. The molecule has 0 aliphatic heterocycles. The summed E-state index contributed by atoms with van der Waals surface area (Å²) in [5.41, 5.74) is 8.83. The Bertz CT molecular complexity index is 786. The van der Waals surface area contributed by atoms with Crippen LogP contribution in [0.25, 0.3) is 22.6 Å². The molecule has 0 radical (unpaired) electrons. The summed E-state index contributed by atoms with van der Waals surface area (Å²) in [5, 5.41) is 0. The van der Waals surface area contributed by atoms with Crippen molar-refractivity contribution in [3.63, 3.8) is 0 Å². The lowest BCUT2D eigenvalue weighted by Crippen LogP contribution is -1.84. The molecule has 0 spiro atoms. The molecule has 19 heavy (non-hydrogen) atoms. The predicted molar refractivity (Wildman–Crippen MR) is 92.0 cm³/mol. The Morgan fingerprint density at radius 3 is 2.68 bits per heavy atom. The van der Waals surface area contributed by atoms with E-state index in [1.807, 2.05) is 30.3 Å². The normalized spacial score (nSPS) is 11.1. The number of nitrogens with two attached hydrogens (primary N) is 1. The largest absolute Gasteiger partial charge is 0.434 e. The summed E-state index contributed by atoms with van der Waals surface area (Å²) < 4.78 is 8.74. The molecule has 0 amide bonds. The van der Waals surface area contributed by atoms with Gasteiger partial charge in [-0.15, -0.1) is 0 Å². The number of nitrogens with zero attached hydrogens (tertiary/aromatic N) is 1. The first-order chi connectivity index (χ1) is 9.04. The zero-order chi connectivity index (χ0) is 13.6. The summed E-state index contributed by atoms with van der Waals surface area (Å²) in [5.74, 6) is 0.575. The van der Waals surface area contributed by atoms with E-state index < -0.39 is 0 Å². The van der Waals surface area contributed by atoms with Crippen LogP contribution in [0.2, 0.25) is 0 Å². The fourth-order valence-electron chi connectivity index (χ4n) is 1.80. The van der Waals surface area contributed by atoms with Crippen LogP contribution in [-0.4, -0.2) is 4.98 Å². The first kappa shape index (κ1) is 13.4. The van der Waals surface area contributed by atoms with Crippen molar-refractivity contribution in [2.24, 2.45) is 0 Å². The maximum Gasteiger partial charge on any atom is 0.228 e. The van der Waals surface area contributed by atoms with Crippen molar-refractivity contribution in [2.75, 3.05) is 5.73 Å². The Balaban J connectivity index is 2.26. The van der Waals surface area contributed by atoms with E-state index in [9.17, 15) is 0 Å². The summed E-state index contributed by atoms with van der Waals surface area (Å²) in [4.78, 5) is 4.50. The second-order valence-electron chi connectivity index (χ2n) is 3.99. The quantitative estimate of drug-likeness (QED) is 0.374. The molecule has 2 N–H and O–H groups in total. The summed E-state index contributed by atoms with van der Waals surface area (Å²) >= 11 is 9.12. The van der Waals surface area contributed by atoms with Crippen LogP contribution in [-0.2, 0) is 0 Å². The Kier molecular flexibility index (Phi) is 3.57. The third-order valence-electron chi connectivity index (χ3n) is 2.64. The molecule has 0 fully saturated rings. The molecule has 96 valence electrons. The summed E-state index contributed by atoms with van der Waals surface area (Å²) in [6.45, 7) is 0. The topological polar surface area (TPSA) is 52.0 Å². The molecular formula is C13H7Br2IN2O. The smallest absolute Gasteiger partial charge is 0.228 e. The van der Waals surface area contributed by atoms with Gasteiger partial charge in [-0.1, -0.05) is 31.9 Å². The van der Waals surface area contributed by atoms with Crippen LogP contribution in [0.15, 0.2) is 43.7 Å². The first-order valence-electron chi connectivity index (χ1n) is 5.35. The molecule has 2 aromatic carbocycles. The van der Waals surface area contributed by atoms with Gasteiger partial charge in [0.1, 0.15) is 5.52 Å². The molecule has 0 saturated heterocycles. The fraction of sp³-hybridized carbons (Fsp3) is 0. The second-order valence-corrected chi connectivity index (χ2v) is 6.98. The number of aromatic nitrogens is 1. The van der Waals surface area contributed by atoms with Crippen LogP contribution < -0.4 is 5.73 Å². The number of hydrogen-bond acceptors (Lipinski definition) is 3. The Morgan fingerprint density at radius 1 is 1.11 bits per heavy atom. The van der Waals surface area contributed by atoms with Gasteiger partial charge in [-0.2, -0.15) is 0 Å². The van der Waals surface area contributed by atoms with Crippen LogP contribution in [0, 0.1) is 3.57 Å². The van der Waals surface area contributed by atoms with Crippen molar-refractivity contribution in [1.29, 1.82) is 0 Å². The number of halogens is 3. The van der Waals surface area contributed by atoms with E-state index >= 15 is 0 Å². The number of benzene rings is 2. The van der Waals surface area contributed by atoms with Gasteiger partial charge in [-0.3, -0.25) is 0 Å². The second kappa shape index (κ2) is 5.06. The molecule has 0 bridgehead atoms. The molecule has 3 nitrogen and oxygen atoms in total. The lowest BCUT2D eigenvalue weighted by Gasteiger charge is -2.00. The maximum absolute atomic E-state index is 5.94. The van der Waals surface area contributed by atoms with E-state index in [1.54, 1.807) is 0 Å². The number of oxazole rings is 1. The van der Waals surface area contributed by atoms with Crippen LogP contribution >= 0.6 is 54.5 Å². The standard InChI is InChI=1S/C13H7Br2IN2O/c14-6-1-2-9(16)8(3-6)13-18-11-5-7(15)4-10(17)12(11)19-13/h1-5H,17H2. The van der Waals surface area contributed by atoms with Crippen molar-refractivity contribution in [2.45, 2.75) is 0 Å². The number of anilines is 1. The van der Waals surface area contributed by atoms with E-state index in [-0.39, 0.29) is 0 Å². The summed E-state index contributed by atoms with van der Waals surface area (Å²) in [6.07, 6.45) is 0. The van der Waals surface area contributed by atoms with Gasteiger partial charge in [0.05, 0.1) is 11.3 Å². The lowest BCUT2D eigenvalue weighted by atomic mass is 10.2. The molecule has 3 rings (SSSR count). The van der Waals surface area contributed by atoms with Gasteiger partial charge >= 0.3 is 0 Å². The van der Waals surface area contributed by atoms with E-state index in [0.29, 0.717) is 17.2 Å².